The third-order valence-corrected chi connectivity index (χ3v) is 5.06. The van der Waals surface area contributed by atoms with Gasteiger partial charge in [0.25, 0.3) is 0 Å². The molecule has 2 N–H and O–H groups in total. The summed E-state index contributed by atoms with van der Waals surface area (Å²) in [7, 11) is 0. The van der Waals surface area contributed by atoms with Gasteiger partial charge in [-0.05, 0) is 19.3 Å². The molecular formula is C18H32N4O3. The summed E-state index contributed by atoms with van der Waals surface area (Å²) in [5, 5.41) is 5.58. The van der Waals surface area contributed by atoms with E-state index in [0.717, 1.165) is 45.4 Å². The predicted molar refractivity (Wildman–Crippen MR) is 95.9 cm³/mol. The molecule has 0 aromatic heterocycles. The summed E-state index contributed by atoms with van der Waals surface area (Å²) in [6.07, 6.45) is 6.43. The van der Waals surface area contributed by atoms with Gasteiger partial charge in [0, 0.05) is 52.1 Å². The molecule has 0 atom stereocenters. The van der Waals surface area contributed by atoms with Gasteiger partial charge in [0.2, 0.25) is 17.7 Å². The minimum atomic E-state index is -0.0491. The van der Waals surface area contributed by atoms with Crippen molar-refractivity contribution in [2.45, 2.75) is 45.4 Å². The standard InChI is InChI=1S/C18H32N4O3/c1-15(23)19-8-5-9-20-17(24)14-21-10-12-22(13-11-21)18(25)16-6-3-2-4-7-16/h16H,2-14H2,1H3,(H,19,23)(H,20,24). The first-order chi connectivity index (χ1) is 12.1. The fourth-order valence-corrected chi connectivity index (χ4v) is 3.57. The summed E-state index contributed by atoms with van der Waals surface area (Å²) in [6, 6.07) is 0. The van der Waals surface area contributed by atoms with E-state index < -0.39 is 0 Å². The molecule has 3 amide bonds. The lowest BCUT2D eigenvalue weighted by molar-refractivity contribution is -0.138. The molecule has 2 fully saturated rings. The molecule has 2 aliphatic rings. The second kappa shape index (κ2) is 10.4. The van der Waals surface area contributed by atoms with Crippen molar-refractivity contribution >= 4 is 17.7 Å². The van der Waals surface area contributed by atoms with Crippen LogP contribution in [-0.2, 0) is 14.4 Å². The fourth-order valence-electron chi connectivity index (χ4n) is 3.57. The van der Waals surface area contributed by atoms with Crippen LogP contribution >= 0.6 is 0 Å². The molecule has 0 bridgehead atoms. The van der Waals surface area contributed by atoms with Crippen LogP contribution in [-0.4, -0.2) is 73.3 Å². The molecule has 0 aromatic rings. The number of hydrogen-bond acceptors (Lipinski definition) is 4. The molecule has 0 spiro atoms. The lowest BCUT2D eigenvalue weighted by atomic mass is 9.88. The van der Waals surface area contributed by atoms with Crippen LogP contribution in [0.25, 0.3) is 0 Å². The number of rotatable bonds is 7. The molecule has 1 saturated carbocycles. The van der Waals surface area contributed by atoms with Crippen LogP contribution in [0.5, 0.6) is 0 Å². The summed E-state index contributed by atoms with van der Waals surface area (Å²) >= 11 is 0. The van der Waals surface area contributed by atoms with Crippen molar-refractivity contribution in [3.8, 4) is 0 Å². The van der Waals surface area contributed by atoms with E-state index in [4.69, 9.17) is 0 Å². The Labute approximate surface area is 150 Å². The highest BCUT2D eigenvalue weighted by atomic mass is 16.2. The van der Waals surface area contributed by atoms with Crippen LogP contribution in [0.3, 0.4) is 0 Å². The zero-order valence-corrected chi connectivity index (χ0v) is 15.4. The number of nitrogens with zero attached hydrogens (tertiary/aromatic N) is 2. The van der Waals surface area contributed by atoms with Crippen LogP contribution in [0.2, 0.25) is 0 Å². The van der Waals surface area contributed by atoms with Gasteiger partial charge in [-0.3, -0.25) is 19.3 Å². The van der Waals surface area contributed by atoms with Gasteiger partial charge >= 0.3 is 0 Å². The Balaban J connectivity index is 1.59. The molecule has 7 heteroatoms. The SMILES string of the molecule is CC(=O)NCCCNC(=O)CN1CCN(C(=O)C2CCCCC2)CC1. The van der Waals surface area contributed by atoms with Crippen molar-refractivity contribution in [1.82, 2.24) is 20.4 Å². The largest absolute Gasteiger partial charge is 0.356 e. The van der Waals surface area contributed by atoms with E-state index in [9.17, 15) is 14.4 Å². The summed E-state index contributed by atoms with van der Waals surface area (Å²) in [5.41, 5.74) is 0. The van der Waals surface area contributed by atoms with Gasteiger partial charge in [0.05, 0.1) is 6.54 Å². The van der Waals surface area contributed by atoms with E-state index in [0.29, 0.717) is 25.5 Å². The van der Waals surface area contributed by atoms with Crippen molar-refractivity contribution in [2.75, 3.05) is 45.8 Å². The van der Waals surface area contributed by atoms with Gasteiger partial charge in [-0.2, -0.15) is 0 Å². The predicted octanol–water partition coefficient (Wildman–Crippen LogP) is 0.353. The van der Waals surface area contributed by atoms with Gasteiger partial charge in [-0.25, -0.2) is 0 Å². The highest BCUT2D eigenvalue weighted by molar-refractivity contribution is 5.79. The Kier molecular flexibility index (Phi) is 8.18. The van der Waals surface area contributed by atoms with E-state index in [-0.39, 0.29) is 17.7 Å². The second-order valence-electron chi connectivity index (χ2n) is 7.12. The van der Waals surface area contributed by atoms with Crippen molar-refractivity contribution in [3.63, 3.8) is 0 Å². The summed E-state index contributed by atoms with van der Waals surface area (Å²) < 4.78 is 0. The molecular weight excluding hydrogens is 320 g/mol. The molecule has 1 aliphatic heterocycles. The van der Waals surface area contributed by atoms with Crippen LogP contribution < -0.4 is 10.6 Å². The van der Waals surface area contributed by atoms with Crippen LogP contribution in [0, 0.1) is 5.92 Å². The van der Waals surface area contributed by atoms with E-state index in [1.165, 1.54) is 26.2 Å². The smallest absolute Gasteiger partial charge is 0.234 e. The molecule has 142 valence electrons. The van der Waals surface area contributed by atoms with Gasteiger partial charge in [0.15, 0.2) is 0 Å². The van der Waals surface area contributed by atoms with Crippen molar-refractivity contribution in [1.29, 1.82) is 0 Å². The van der Waals surface area contributed by atoms with E-state index in [1.807, 2.05) is 4.90 Å². The Bertz CT molecular complexity index is 455. The first-order valence-corrected chi connectivity index (χ1v) is 9.58. The molecule has 1 heterocycles. The highest BCUT2D eigenvalue weighted by Gasteiger charge is 2.28. The summed E-state index contributed by atoms with van der Waals surface area (Å²) in [4.78, 5) is 39.3. The van der Waals surface area contributed by atoms with Gasteiger partial charge in [-0.1, -0.05) is 19.3 Å². The minimum absolute atomic E-state index is 0.00915. The fraction of sp³-hybridized carbons (Fsp3) is 0.833. The Hall–Kier alpha value is -1.63. The monoisotopic (exact) mass is 352 g/mol. The third kappa shape index (κ3) is 7.02. The average Bonchev–Trinajstić information content (AvgIpc) is 2.62. The average molecular weight is 352 g/mol. The lowest BCUT2D eigenvalue weighted by Gasteiger charge is -2.36. The Morgan fingerprint density at radius 2 is 1.56 bits per heavy atom. The van der Waals surface area contributed by atoms with Crippen molar-refractivity contribution in [3.05, 3.63) is 0 Å². The minimum Gasteiger partial charge on any atom is -0.356 e. The van der Waals surface area contributed by atoms with Crippen molar-refractivity contribution in [2.24, 2.45) is 5.92 Å². The van der Waals surface area contributed by atoms with Gasteiger partial charge in [0.1, 0.15) is 0 Å². The molecule has 1 aliphatic carbocycles. The second-order valence-corrected chi connectivity index (χ2v) is 7.12. The normalized spacial score (nSPS) is 19.5. The lowest BCUT2D eigenvalue weighted by Crippen LogP contribution is -2.52. The Morgan fingerprint density at radius 3 is 2.20 bits per heavy atom. The zero-order chi connectivity index (χ0) is 18.1. The summed E-state index contributed by atoms with van der Waals surface area (Å²) in [6.45, 7) is 5.99. The van der Waals surface area contributed by atoms with Crippen LogP contribution in [0.15, 0.2) is 0 Å². The van der Waals surface area contributed by atoms with Crippen LogP contribution in [0.4, 0.5) is 0 Å². The van der Waals surface area contributed by atoms with Gasteiger partial charge < -0.3 is 15.5 Å². The molecule has 1 saturated heterocycles. The number of hydrogen-bond donors (Lipinski definition) is 2. The number of carbonyl (C=O) groups excluding carboxylic acids is 3. The van der Waals surface area contributed by atoms with Crippen LogP contribution in [0.1, 0.15) is 45.4 Å². The number of nitrogens with one attached hydrogen (secondary N) is 2. The molecule has 25 heavy (non-hydrogen) atoms. The maximum absolute atomic E-state index is 12.5. The number of carbonyl (C=O) groups is 3. The van der Waals surface area contributed by atoms with Gasteiger partial charge in [-0.15, -0.1) is 0 Å². The number of amides is 3. The molecule has 2 rings (SSSR count). The maximum atomic E-state index is 12.5. The first kappa shape index (κ1) is 19.7. The first-order valence-electron chi connectivity index (χ1n) is 9.58. The third-order valence-electron chi connectivity index (χ3n) is 5.06. The highest BCUT2D eigenvalue weighted by Crippen LogP contribution is 2.25. The van der Waals surface area contributed by atoms with E-state index in [2.05, 4.69) is 15.5 Å². The van der Waals surface area contributed by atoms with E-state index >= 15 is 0 Å². The van der Waals surface area contributed by atoms with Crippen molar-refractivity contribution < 1.29 is 14.4 Å². The van der Waals surface area contributed by atoms with E-state index in [1.54, 1.807) is 0 Å². The maximum Gasteiger partial charge on any atom is 0.234 e. The number of piperazine rings is 1. The topological polar surface area (TPSA) is 81.8 Å². The quantitative estimate of drug-likeness (QED) is 0.648. The summed E-state index contributed by atoms with van der Waals surface area (Å²) in [5.74, 6) is 0.510. The molecule has 0 radical (unpaired) electrons. The molecule has 0 aromatic carbocycles. The Morgan fingerprint density at radius 1 is 0.920 bits per heavy atom. The molecule has 0 unspecified atom stereocenters. The molecule has 7 nitrogen and oxygen atoms in total. The zero-order valence-electron chi connectivity index (χ0n) is 15.4.